The molecule has 57 heavy (non-hydrogen) atoms. The summed E-state index contributed by atoms with van der Waals surface area (Å²) in [7, 11) is 0. The minimum atomic E-state index is -0.283. The van der Waals surface area contributed by atoms with Crippen LogP contribution < -0.4 is 9.47 Å². The monoisotopic (exact) mass is 777 g/mol. The molecule has 0 spiro atoms. The van der Waals surface area contributed by atoms with E-state index in [2.05, 4.69) is 23.8 Å². The number of carbonyl (C=O) groups excluding carboxylic acids is 2. The van der Waals surface area contributed by atoms with E-state index in [0.29, 0.717) is 17.7 Å². The Balaban J connectivity index is 0.992. The molecule has 0 aliphatic rings. The van der Waals surface area contributed by atoms with Crippen molar-refractivity contribution in [2.24, 2.45) is 0 Å². The molecule has 0 radical (unpaired) electrons. The number of ether oxygens (including phenoxy) is 3. The Labute approximate surface area is 343 Å². The molecule has 0 amide bonds. The molecule has 308 valence electrons. The lowest BCUT2D eigenvalue weighted by molar-refractivity contribution is -0.134. The summed E-state index contributed by atoms with van der Waals surface area (Å²) < 4.78 is 17.2. The van der Waals surface area contributed by atoms with Gasteiger partial charge in [0.05, 0.1) is 18.3 Å². The lowest BCUT2D eigenvalue weighted by atomic mass is 10.0. The molecule has 1 atom stereocenters. The Morgan fingerprint density at radius 2 is 1.07 bits per heavy atom. The normalized spacial score (nSPS) is 11.6. The fourth-order valence-electron chi connectivity index (χ4n) is 6.93. The van der Waals surface area contributed by atoms with Gasteiger partial charge in [-0.2, -0.15) is 0 Å². The molecule has 7 nitrogen and oxygen atoms in total. The second-order valence-corrected chi connectivity index (χ2v) is 15.5. The lowest BCUT2D eigenvalue weighted by Gasteiger charge is -2.13. The molecule has 4 rings (SSSR count). The molecule has 1 unspecified atom stereocenters. The highest BCUT2D eigenvalue weighted by atomic mass is 16.5. The Morgan fingerprint density at radius 1 is 0.561 bits per heavy atom. The zero-order valence-electron chi connectivity index (χ0n) is 35.2. The van der Waals surface area contributed by atoms with Crippen molar-refractivity contribution < 1.29 is 23.8 Å². The average Bonchev–Trinajstić information content (AvgIpc) is 3.23. The van der Waals surface area contributed by atoms with E-state index in [4.69, 9.17) is 14.2 Å². The number of unbranched alkanes of at least 4 members (excludes halogenated alkanes) is 15. The molecular weight excluding hydrogens is 709 g/mol. The highest BCUT2D eigenvalue weighted by Crippen LogP contribution is 2.25. The molecule has 0 aliphatic heterocycles. The fraction of sp³-hybridized carbons (Fsp3) is 0.520. The Morgan fingerprint density at radius 3 is 1.70 bits per heavy atom. The zero-order valence-corrected chi connectivity index (χ0v) is 35.2. The first-order valence-corrected chi connectivity index (χ1v) is 22.1. The van der Waals surface area contributed by atoms with Crippen molar-refractivity contribution in [2.75, 3.05) is 6.61 Å². The Hall–Kier alpha value is -4.52. The number of rotatable bonds is 29. The number of carbonyl (C=O) groups is 2. The second-order valence-electron chi connectivity index (χ2n) is 15.5. The summed E-state index contributed by atoms with van der Waals surface area (Å²) in [5.74, 6) is 1.71. The van der Waals surface area contributed by atoms with Gasteiger partial charge < -0.3 is 14.2 Å². The highest BCUT2D eigenvalue weighted by Gasteiger charge is 2.13. The molecule has 0 bridgehead atoms. The standard InChI is InChI=1S/C50H68N2O5/c1-4-6-8-10-15-19-23-41-38-51-49(52-39-41)44-31-33-46(34-32-44)55-37-21-17-14-12-11-13-16-20-24-48(53)57-47-35-29-43(30-36-47)42-25-27-45(28-26-42)50(54)56-40(3)22-18-9-7-5-2/h25-36,38-40H,4-24,37H2,1-3H3. The first-order valence-electron chi connectivity index (χ1n) is 22.1. The topological polar surface area (TPSA) is 87.6 Å². The van der Waals surface area contributed by atoms with Gasteiger partial charge in [0.1, 0.15) is 11.5 Å². The van der Waals surface area contributed by atoms with Gasteiger partial charge in [-0.15, -0.1) is 0 Å². The smallest absolute Gasteiger partial charge is 0.338 e. The highest BCUT2D eigenvalue weighted by molar-refractivity contribution is 5.90. The lowest BCUT2D eigenvalue weighted by Crippen LogP contribution is -2.15. The van der Waals surface area contributed by atoms with Crippen LogP contribution in [0.25, 0.3) is 22.5 Å². The minimum absolute atomic E-state index is 0.0843. The van der Waals surface area contributed by atoms with Gasteiger partial charge in [-0.1, -0.05) is 128 Å². The van der Waals surface area contributed by atoms with Gasteiger partial charge in [0.2, 0.25) is 0 Å². The molecule has 3 aromatic carbocycles. The van der Waals surface area contributed by atoms with Gasteiger partial charge in [0, 0.05) is 24.4 Å². The van der Waals surface area contributed by atoms with Crippen molar-refractivity contribution in [3.63, 3.8) is 0 Å². The van der Waals surface area contributed by atoms with Gasteiger partial charge >= 0.3 is 11.9 Å². The van der Waals surface area contributed by atoms with Crippen molar-refractivity contribution in [1.29, 1.82) is 0 Å². The third kappa shape index (κ3) is 18.1. The molecule has 0 saturated carbocycles. The number of esters is 2. The van der Waals surface area contributed by atoms with E-state index < -0.39 is 0 Å². The Kier molecular flexibility index (Phi) is 21.5. The SMILES string of the molecule is CCCCCCCCc1cnc(-c2ccc(OCCCCCCCCCCC(=O)Oc3ccc(-c4ccc(C(=O)OC(C)CCCCCC)cc4)cc3)cc2)nc1. The third-order valence-corrected chi connectivity index (χ3v) is 10.5. The maximum absolute atomic E-state index is 12.6. The third-order valence-electron chi connectivity index (χ3n) is 10.5. The van der Waals surface area contributed by atoms with E-state index in [-0.39, 0.29) is 18.0 Å². The first kappa shape index (κ1) is 45.2. The summed E-state index contributed by atoms with van der Waals surface area (Å²) in [6.45, 7) is 7.13. The molecule has 0 saturated heterocycles. The summed E-state index contributed by atoms with van der Waals surface area (Å²) in [5, 5.41) is 0. The van der Waals surface area contributed by atoms with Crippen LogP contribution in [0.4, 0.5) is 0 Å². The molecule has 0 fully saturated rings. The maximum Gasteiger partial charge on any atom is 0.338 e. The predicted molar refractivity (Wildman–Crippen MR) is 233 cm³/mol. The quantitative estimate of drug-likeness (QED) is 0.0308. The van der Waals surface area contributed by atoms with Crippen molar-refractivity contribution in [3.8, 4) is 34.0 Å². The molecule has 1 aromatic heterocycles. The largest absolute Gasteiger partial charge is 0.494 e. The van der Waals surface area contributed by atoms with Crippen LogP contribution in [0.15, 0.2) is 85.2 Å². The molecule has 0 N–H and O–H groups in total. The van der Waals surface area contributed by atoms with Crippen LogP contribution in [0, 0.1) is 0 Å². The zero-order chi connectivity index (χ0) is 40.3. The molecule has 0 aliphatic carbocycles. The molecule has 7 heteroatoms. The van der Waals surface area contributed by atoms with Crippen LogP contribution in [-0.2, 0) is 16.0 Å². The van der Waals surface area contributed by atoms with Crippen molar-refractivity contribution in [3.05, 3.63) is 96.3 Å². The second kappa shape index (κ2) is 27.2. The molecular formula is C50H68N2O5. The Bertz CT molecular complexity index is 1670. The molecule has 4 aromatic rings. The van der Waals surface area contributed by atoms with E-state index in [1.807, 2.05) is 80.0 Å². The predicted octanol–water partition coefficient (Wildman–Crippen LogP) is 13.7. The summed E-state index contributed by atoms with van der Waals surface area (Å²) in [5.41, 5.74) is 4.75. The number of benzene rings is 3. The van der Waals surface area contributed by atoms with Crippen molar-refractivity contribution in [1.82, 2.24) is 9.97 Å². The van der Waals surface area contributed by atoms with E-state index in [0.717, 1.165) is 86.2 Å². The summed E-state index contributed by atoms with van der Waals surface area (Å²) in [4.78, 5) is 34.2. The number of nitrogens with zero attached hydrogens (tertiary/aromatic N) is 2. The van der Waals surface area contributed by atoms with E-state index in [9.17, 15) is 9.59 Å². The summed E-state index contributed by atoms with van der Waals surface area (Å²) in [6, 6.07) is 23.1. The fourth-order valence-corrected chi connectivity index (χ4v) is 6.93. The van der Waals surface area contributed by atoms with Gasteiger partial charge in [-0.05, 0) is 111 Å². The van der Waals surface area contributed by atoms with E-state index in [1.54, 1.807) is 12.1 Å². The van der Waals surface area contributed by atoms with Crippen LogP contribution in [0.2, 0.25) is 0 Å². The van der Waals surface area contributed by atoms with Crippen LogP contribution in [-0.4, -0.2) is 34.6 Å². The van der Waals surface area contributed by atoms with Crippen molar-refractivity contribution >= 4 is 11.9 Å². The number of aromatic nitrogens is 2. The van der Waals surface area contributed by atoms with Crippen molar-refractivity contribution in [2.45, 2.75) is 162 Å². The minimum Gasteiger partial charge on any atom is -0.494 e. The number of hydrogen-bond donors (Lipinski definition) is 0. The van der Waals surface area contributed by atoms with Gasteiger partial charge in [0.25, 0.3) is 0 Å². The van der Waals surface area contributed by atoms with E-state index in [1.165, 1.54) is 82.6 Å². The number of aryl methyl sites for hydroxylation is 1. The van der Waals surface area contributed by atoms with Gasteiger partial charge in [0.15, 0.2) is 5.82 Å². The average molecular weight is 777 g/mol. The van der Waals surface area contributed by atoms with Crippen LogP contribution in [0.1, 0.15) is 165 Å². The molecule has 1 heterocycles. The maximum atomic E-state index is 12.6. The van der Waals surface area contributed by atoms with Gasteiger partial charge in [-0.25, -0.2) is 14.8 Å². The summed E-state index contributed by atoms with van der Waals surface area (Å²) >= 11 is 0. The van der Waals surface area contributed by atoms with Gasteiger partial charge in [-0.3, -0.25) is 4.79 Å². The van der Waals surface area contributed by atoms with E-state index >= 15 is 0 Å². The van der Waals surface area contributed by atoms with Crippen LogP contribution in [0.3, 0.4) is 0 Å². The van der Waals surface area contributed by atoms with Crippen LogP contribution >= 0.6 is 0 Å². The van der Waals surface area contributed by atoms with Crippen LogP contribution in [0.5, 0.6) is 11.5 Å². The number of hydrogen-bond acceptors (Lipinski definition) is 7. The summed E-state index contributed by atoms with van der Waals surface area (Å²) in [6.07, 6.45) is 27.5. The first-order chi connectivity index (χ1) is 27.9.